The lowest BCUT2D eigenvalue weighted by Crippen LogP contribution is -2.26. The molecular formula is C11H9Br2N5O3. The van der Waals surface area contributed by atoms with Gasteiger partial charge >= 0.3 is 0 Å². The normalized spacial score (nSPS) is 17.7. The van der Waals surface area contributed by atoms with Crippen LogP contribution in [0, 0.1) is 16.0 Å². The molecule has 21 heavy (non-hydrogen) atoms. The van der Waals surface area contributed by atoms with Crippen molar-refractivity contribution in [2.75, 3.05) is 18.0 Å². The van der Waals surface area contributed by atoms with Crippen LogP contribution in [0.1, 0.15) is 6.42 Å². The van der Waals surface area contributed by atoms with Crippen molar-refractivity contribution in [3.05, 3.63) is 41.6 Å². The van der Waals surface area contributed by atoms with Gasteiger partial charge in [-0.3, -0.25) is 14.9 Å². The summed E-state index contributed by atoms with van der Waals surface area (Å²) in [7, 11) is 0. The number of amides is 1. The predicted molar refractivity (Wildman–Crippen MR) is 83.0 cm³/mol. The molecule has 0 aromatic heterocycles. The summed E-state index contributed by atoms with van der Waals surface area (Å²) >= 11 is 6.46. The number of nitro benzene ring substituents is 1. The molecule has 1 atom stereocenters. The summed E-state index contributed by atoms with van der Waals surface area (Å²) in [5.74, 6) is -0.359. The number of hydrogen-bond acceptors (Lipinski definition) is 4. The van der Waals surface area contributed by atoms with E-state index in [1.165, 1.54) is 11.0 Å². The minimum atomic E-state index is -0.529. The van der Waals surface area contributed by atoms with Crippen molar-refractivity contribution in [3.8, 4) is 0 Å². The summed E-state index contributed by atoms with van der Waals surface area (Å²) in [6.07, 6.45) is 0.207. The molecular weight excluding hydrogens is 410 g/mol. The number of carbonyl (C=O) groups is 1. The van der Waals surface area contributed by atoms with Gasteiger partial charge in [-0.15, -0.1) is 0 Å². The average Bonchev–Trinajstić information content (AvgIpc) is 2.76. The highest BCUT2D eigenvalue weighted by Crippen LogP contribution is 2.41. The maximum atomic E-state index is 12.1. The number of anilines is 1. The molecule has 0 saturated carbocycles. The zero-order valence-corrected chi connectivity index (χ0v) is 13.7. The number of nitro groups is 1. The number of carbonyl (C=O) groups excluding carboxylic acids is 1. The number of hydrogen-bond donors (Lipinski definition) is 0. The fraction of sp³-hybridized carbons (Fsp3) is 0.364. The van der Waals surface area contributed by atoms with Gasteiger partial charge in [0.05, 0.1) is 4.92 Å². The molecule has 1 aromatic rings. The van der Waals surface area contributed by atoms with Gasteiger partial charge < -0.3 is 4.90 Å². The van der Waals surface area contributed by atoms with Gasteiger partial charge in [-0.1, -0.05) is 21.0 Å². The summed E-state index contributed by atoms with van der Waals surface area (Å²) < 4.78 is 1.00. The standard InChI is InChI=1S/C11H9Br2N5O3/c12-7-2-8(13)11(9(3-7)18(20)21)17-5-6(1-10(17)19)4-15-16-14/h2-3,6H,1,4-5H2. The first-order valence-corrected chi connectivity index (χ1v) is 7.47. The summed E-state index contributed by atoms with van der Waals surface area (Å²) in [5, 5.41) is 14.7. The Balaban J connectivity index is 2.40. The molecule has 0 aliphatic carbocycles. The van der Waals surface area contributed by atoms with Gasteiger partial charge in [0.2, 0.25) is 5.91 Å². The number of rotatable bonds is 4. The molecule has 1 heterocycles. The van der Waals surface area contributed by atoms with Crippen LogP contribution in [0.3, 0.4) is 0 Å². The van der Waals surface area contributed by atoms with Gasteiger partial charge in [-0.05, 0) is 33.4 Å². The highest BCUT2D eigenvalue weighted by Gasteiger charge is 2.35. The third-order valence-corrected chi connectivity index (χ3v) is 4.15. The second kappa shape index (κ2) is 6.42. The van der Waals surface area contributed by atoms with Crippen LogP contribution in [0.5, 0.6) is 0 Å². The molecule has 0 radical (unpaired) electrons. The Morgan fingerprint density at radius 3 is 2.86 bits per heavy atom. The number of halogens is 2. The van der Waals surface area contributed by atoms with E-state index >= 15 is 0 Å². The van der Waals surface area contributed by atoms with E-state index in [4.69, 9.17) is 5.53 Å². The van der Waals surface area contributed by atoms with Crippen LogP contribution in [0.2, 0.25) is 0 Å². The van der Waals surface area contributed by atoms with Crippen LogP contribution in [-0.2, 0) is 4.79 Å². The second-order valence-corrected chi connectivity index (χ2v) is 6.27. The van der Waals surface area contributed by atoms with E-state index in [0.717, 1.165) is 0 Å². The van der Waals surface area contributed by atoms with Crippen LogP contribution in [-0.4, -0.2) is 23.9 Å². The van der Waals surface area contributed by atoms with E-state index in [0.29, 0.717) is 15.5 Å². The maximum absolute atomic E-state index is 12.1. The molecule has 1 amide bonds. The molecule has 0 N–H and O–H groups in total. The molecule has 2 rings (SSSR count). The van der Waals surface area contributed by atoms with Gasteiger partial charge in [0.1, 0.15) is 5.69 Å². The van der Waals surface area contributed by atoms with Crippen molar-refractivity contribution in [1.82, 2.24) is 0 Å². The number of nitrogens with zero attached hydrogens (tertiary/aromatic N) is 5. The Hall–Kier alpha value is -1.64. The second-order valence-electron chi connectivity index (χ2n) is 4.50. The van der Waals surface area contributed by atoms with E-state index in [2.05, 4.69) is 41.9 Å². The van der Waals surface area contributed by atoms with Crippen molar-refractivity contribution in [3.63, 3.8) is 0 Å². The largest absolute Gasteiger partial charge is 0.305 e. The minimum absolute atomic E-state index is 0.136. The van der Waals surface area contributed by atoms with Crippen molar-refractivity contribution < 1.29 is 9.72 Å². The molecule has 110 valence electrons. The monoisotopic (exact) mass is 417 g/mol. The molecule has 1 aliphatic heterocycles. The molecule has 1 fully saturated rings. The minimum Gasteiger partial charge on any atom is -0.305 e. The Bertz CT molecular complexity index is 660. The van der Waals surface area contributed by atoms with Gasteiger partial charge in [0.15, 0.2) is 0 Å². The number of benzene rings is 1. The molecule has 1 saturated heterocycles. The zero-order valence-electron chi connectivity index (χ0n) is 10.6. The molecule has 1 aliphatic rings. The predicted octanol–water partition coefficient (Wildman–Crippen LogP) is 3.78. The first-order valence-electron chi connectivity index (χ1n) is 5.88. The SMILES string of the molecule is [N-]=[N+]=NCC1CC(=O)N(c2c(Br)cc(Br)cc2[N+](=O)[O-])C1. The van der Waals surface area contributed by atoms with E-state index in [1.807, 2.05) is 0 Å². The van der Waals surface area contributed by atoms with Gasteiger partial charge in [-0.2, -0.15) is 0 Å². The first-order chi connectivity index (χ1) is 9.93. The van der Waals surface area contributed by atoms with E-state index in [-0.39, 0.29) is 36.2 Å². The third kappa shape index (κ3) is 3.34. The third-order valence-electron chi connectivity index (χ3n) is 3.08. The molecule has 0 spiro atoms. The molecule has 10 heteroatoms. The summed E-state index contributed by atoms with van der Waals surface area (Å²) in [5.41, 5.74) is 8.40. The lowest BCUT2D eigenvalue weighted by Gasteiger charge is -2.18. The Labute approximate surface area is 136 Å². The van der Waals surface area contributed by atoms with E-state index in [9.17, 15) is 14.9 Å². The van der Waals surface area contributed by atoms with Crippen LogP contribution >= 0.6 is 31.9 Å². The average molecular weight is 419 g/mol. The highest BCUT2D eigenvalue weighted by molar-refractivity contribution is 9.11. The molecule has 1 unspecified atom stereocenters. The summed E-state index contributed by atoms with van der Waals surface area (Å²) in [6, 6.07) is 3.00. The summed E-state index contributed by atoms with van der Waals surface area (Å²) in [6.45, 7) is 0.486. The Kier molecular flexibility index (Phi) is 4.81. The fourth-order valence-electron chi connectivity index (χ4n) is 2.23. The topological polar surface area (TPSA) is 112 Å². The van der Waals surface area contributed by atoms with Crippen LogP contribution < -0.4 is 4.90 Å². The zero-order chi connectivity index (χ0) is 15.6. The summed E-state index contributed by atoms with van der Waals surface area (Å²) in [4.78, 5) is 26.8. The number of azide groups is 1. The Morgan fingerprint density at radius 1 is 1.52 bits per heavy atom. The lowest BCUT2D eigenvalue weighted by molar-refractivity contribution is -0.384. The van der Waals surface area contributed by atoms with Crippen molar-refractivity contribution in [2.45, 2.75) is 6.42 Å². The maximum Gasteiger partial charge on any atom is 0.295 e. The molecule has 1 aromatic carbocycles. The van der Waals surface area contributed by atoms with Gasteiger partial charge in [0, 0.05) is 39.4 Å². The van der Waals surface area contributed by atoms with Crippen molar-refractivity contribution in [1.29, 1.82) is 0 Å². The molecule has 0 bridgehead atoms. The smallest absolute Gasteiger partial charge is 0.295 e. The van der Waals surface area contributed by atoms with Crippen LogP contribution in [0.4, 0.5) is 11.4 Å². The van der Waals surface area contributed by atoms with E-state index < -0.39 is 4.92 Å². The highest BCUT2D eigenvalue weighted by atomic mass is 79.9. The van der Waals surface area contributed by atoms with Crippen molar-refractivity contribution in [2.24, 2.45) is 11.0 Å². The first kappa shape index (κ1) is 15.7. The van der Waals surface area contributed by atoms with Crippen LogP contribution in [0.15, 0.2) is 26.2 Å². The molecule has 8 nitrogen and oxygen atoms in total. The Morgan fingerprint density at radius 2 is 2.24 bits per heavy atom. The van der Waals surface area contributed by atoms with Crippen LogP contribution in [0.25, 0.3) is 10.4 Å². The van der Waals surface area contributed by atoms with Gasteiger partial charge in [0.25, 0.3) is 5.69 Å². The van der Waals surface area contributed by atoms with Gasteiger partial charge in [-0.25, -0.2) is 0 Å². The fourth-order valence-corrected chi connectivity index (χ4v) is 3.65. The quantitative estimate of drug-likeness (QED) is 0.243. The van der Waals surface area contributed by atoms with E-state index in [1.54, 1.807) is 6.07 Å². The lowest BCUT2D eigenvalue weighted by atomic mass is 10.1. The van der Waals surface area contributed by atoms with Crippen molar-refractivity contribution >= 4 is 49.1 Å².